The third-order valence-electron chi connectivity index (χ3n) is 4.25. The van der Waals surface area contributed by atoms with Gasteiger partial charge < -0.3 is 10.1 Å². The summed E-state index contributed by atoms with van der Waals surface area (Å²) in [4.78, 5) is 31.1. The minimum absolute atomic E-state index is 0.0116. The fourth-order valence-corrected chi connectivity index (χ4v) is 3.92. The largest absolute Gasteiger partial charge is 0.494 e. The van der Waals surface area contributed by atoms with Crippen LogP contribution in [0, 0.1) is 5.82 Å². The van der Waals surface area contributed by atoms with E-state index in [-0.39, 0.29) is 35.6 Å². The van der Waals surface area contributed by atoms with Gasteiger partial charge in [-0.25, -0.2) is 9.38 Å². The quantitative estimate of drug-likeness (QED) is 0.666. The maximum atomic E-state index is 14.1. The molecule has 0 bridgehead atoms. The minimum Gasteiger partial charge on any atom is -0.494 e. The van der Waals surface area contributed by atoms with Gasteiger partial charge in [0, 0.05) is 18.7 Å². The molecule has 0 aromatic heterocycles. The molecule has 156 valence electrons. The molecule has 0 unspecified atom stereocenters. The number of thioether (sulfide) groups is 1. The summed E-state index contributed by atoms with van der Waals surface area (Å²) in [5, 5.41) is 2.39. The molecular weight excluding hydrogens is 405 g/mol. The standard InChI is InChI=1S/C22H22FN3O3S/c1-3-13-26-20(27)14-19(30-22(26)25-18-8-6-5-7-17(18)23)21(28)24-15-9-11-16(12-10-15)29-4-2/h3,5-12,19H,1,4,13-14H2,2H3,(H,24,28)/t19-/m0/s1. The van der Waals surface area contributed by atoms with Crippen LogP contribution in [0.25, 0.3) is 0 Å². The number of nitrogens with one attached hydrogen (secondary N) is 1. The monoisotopic (exact) mass is 427 g/mol. The van der Waals surface area contributed by atoms with Crippen LogP contribution in [-0.2, 0) is 9.59 Å². The molecule has 2 amide bonds. The van der Waals surface area contributed by atoms with Crippen molar-refractivity contribution in [1.82, 2.24) is 4.90 Å². The maximum absolute atomic E-state index is 14.1. The van der Waals surface area contributed by atoms with Crippen molar-refractivity contribution in [3.63, 3.8) is 0 Å². The number of hydrogen-bond acceptors (Lipinski definition) is 5. The van der Waals surface area contributed by atoms with Gasteiger partial charge in [-0.1, -0.05) is 30.0 Å². The van der Waals surface area contributed by atoms with E-state index in [1.165, 1.54) is 17.0 Å². The SMILES string of the molecule is C=CCN1C(=O)C[C@@H](C(=O)Nc2ccc(OCC)cc2)SC1=Nc1ccccc1F. The van der Waals surface area contributed by atoms with Crippen LogP contribution in [0.3, 0.4) is 0 Å². The van der Waals surface area contributed by atoms with Gasteiger partial charge in [0.15, 0.2) is 5.17 Å². The molecule has 30 heavy (non-hydrogen) atoms. The predicted octanol–water partition coefficient (Wildman–Crippen LogP) is 4.37. The molecule has 0 saturated carbocycles. The molecule has 6 nitrogen and oxygen atoms in total. The zero-order chi connectivity index (χ0) is 21.5. The molecule has 3 rings (SSSR count). The summed E-state index contributed by atoms with van der Waals surface area (Å²) in [7, 11) is 0. The van der Waals surface area contributed by atoms with E-state index in [1.807, 2.05) is 6.92 Å². The van der Waals surface area contributed by atoms with Gasteiger partial charge in [0.25, 0.3) is 0 Å². The van der Waals surface area contributed by atoms with Crippen LogP contribution in [0.1, 0.15) is 13.3 Å². The summed E-state index contributed by atoms with van der Waals surface area (Å²) in [5.41, 5.74) is 0.701. The highest BCUT2D eigenvalue weighted by Crippen LogP contribution is 2.30. The Morgan fingerprint density at radius 1 is 1.33 bits per heavy atom. The fraction of sp³-hybridized carbons (Fsp3) is 0.227. The number of ether oxygens (including phenoxy) is 1. The lowest BCUT2D eigenvalue weighted by atomic mass is 10.2. The number of nitrogens with zero attached hydrogens (tertiary/aromatic N) is 2. The molecule has 0 spiro atoms. The minimum atomic E-state index is -0.685. The van der Waals surface area contributed by atoms with Crippen LogP contribution >= 0.6 is 11.8 Å². The van der Waals surface area contributed by atoms with Gasteiger partial charge in [0.1, 0.15) is 22.5 Å². The van der Waals surface area contributed by atoms with E-state index >= 15 is 0 Å². The maximum Gasteiger partial charge on any atom is 0.238 e. The number of hydrogen-bond donors (Lipinski definition) is 1. The molecule has 1 aliphatic rings. The second-order valence-electron chi connectivity index (χ2n) is 6.40. The molecule has 8 heteroatoms. The number of aliphatic imine (C=N–C) groups is 1. The number of para-hydroxylation sites is 1. The molecule has 1 fully saturated rings. The zero-order valence-corrected chi connectivity index (χ0v) is 17.3. The van der Waals surface area contributed by atoms with Gasteiger partial charge in [-0.2, -0.15) is 0 Å². The van der Waals surface area contributed by atoms with Crippen LogP contribution in [-0.4, -0.2) is 40.3 Å². The molecule has 2 aromatic rings. The molecule has 2 aromatic carbocycles. The van der Waals surface area contributed by atoms with Gasteiger partial charge in [0.2, 0.25) is 11.8 Å². The highest BCUT2D eigenvalue weighted by atomic mass is 32.2. The number of amidine groups is 1. The van der Waals surface area contributed by atoms with E-state index in [4.69, 9.17) is 4.74 Å². The van der Waals surface area contributed by atoms with E-state index in [1.54, 1.807) is 42.5 Å². The number of halogens is 1. The van der Waals surface area contributed by atoms with Crippen LogP contribution in [0.4, 0.5) is 15.8 Å². The molecule has 1 saturated heterocycles. The first-order valence-electron chi connectivity index (χ1n) is 9.46. The number of rotatable bonds is 7. The first-order chi connectivity index (χ1) is 14.5. The molecule has 1 atom stereocenters. The van der Waals surface area contributed by atoms with E-state index < -0.39 is 11.1 Å². The summed E-state index contributed by atoms with van der Waals surface area (Å²) >= 11 is 1.13. The van der Waals surface area contributed by atoms with Crippen molar-refractivity contribution in [1.29, 1.82) is 0 Å². The van der Waals surface area contributed by atoms with E-state index in [0.717, 1.165) is 11.8 Å². The second kappa shape index (κ2) is 10.1. The van der Waals surface area contributed by atoms with Crippen molar-refractivity contribution in [3.8, 4) is 5.75 Å². The van der Waals surface area contributed by atoms with Gasteiger partial charge in [0.05, 0.1) is 6.61 Å². The molecular formula is C22H22FN3O3S. The number of amides is 2. The van der Waals surface area contributed by atoms with Crippen molar-refractivity contribution in [2.75, 3.05) is 18.5 Å². The van der Waals surface area contributed by atoms with Gasteiger partial charge in [-0.15, -0.1) is 6.58 Å². The highest BCUT2D eigenvalue weighted by Gasteiger charge is 2.35. The number of carbonyl (C=O) groups is 2. The molecule has 1 N–H and O–H groups in total. The Morgan fingerprint density at radius 2 is 2.07 bits per heavy atom. The summed E-state index contributed by atoms with van der Waals surface area (Å²) in [5.74, 6) is -0.387. The lowest BCUT2D eigenvalue weighted by molar-refractivity contribution is -0.129. The van der Waals surface area contributed by atoms with Crippen LogP contribution < -0.4 is 10.1 Å². The first-order valence-corrected chi connectivity index (χ1v) is 10.3. The Bertz CT molecular complexity index is 962. The third kappa shape index (κ3) is 5.27. The summed E-state index contributed by atoms with van der Waals surface area (Å²) < 4.78 is 19.4. The summed E-state index contributed by atoms with van der Waals surface area (Å²) in [6, 6.07) is 13.0. The second-order valence-corrected chi connectivity index (χ2v) is 7.57. The average Bonchev–Trinajstić information content (AvgIpc) is 2.73. The van der Waals surface area contributed by atoms with Gasteiger partial charge in [-0.3, -0.25) is 14.5 Å². The topological polar surface area (TPSA) is 71.0 Å². The van der Waals surface area contributed by atoms with E-state index in [2.05, 4.69) is 16.9 Å². The molecule has 1 heterocycles. The van der Waals surface area contributed by atoms with Crippen LogP contribution in [0.15, 0.2) is 66.2 Å². The third-order valence-corrected chi connectivity index (χ3v) is 5.43. The Labute approximate surface area is 178 Å². The first kappa shape index (κ1) is 21.6. The molecule has 0 aliphatic carbocycles. The fourth-order valence-electron chi connectivity index (χ4n) is 2.82. The average molecular weight is 428 g/mol. The zero-order valence-electron chi connectivity index (χ0n) is 16.5. The Balaban J connectivity index is 1.79. The van der Waals surface area contributed by atoms with Crippen LogP contribution in [0.5, 0.6) is 5.75 Å². The van der Waals surface area contributed by atoms with Crippen LogP contribution in [0.2, 0.25) is 0 Å². The highest BCUT2D eigenvalue weighted by molar-refractivity contribution is 8.15. The number of carbonyl (C=O) groups excluding carboxylic acids is 2. The van der Waals surface area contributed by atoms with Crippen molar-refractivity contribution in [2.24, 2.45) is 4.99 Å². The lowest BCUT2D eigenvalue weighted by Crippen LogP contribution is -2.45. The summed E-state index contributed by atoms with van der Waals surface area (Å²) in [6.45, 7) is 6.33. The van der Waals surface area contributed by atoms with Gasteiger partial charge in [-0.05, 0) is 43.3 Å². The van der Waals surface area contributed by atoms with E-state index in [0.29, 0.717) is 18.0 Å². The number of benzene rings is 2. The predicted molar refractivity (Wildman–Crippen MR) is 118 cm³/mol. The molecule has 1 aliphatic heterocycles. The van der Waals surface area contributed by atoms with Crippen molar-refractivity contribution >= 4 is 40.1 Å². The Morgan fingerprint density at radius 3 is 2.73 bits per heavy atom. The number of anilines is 1. The van der Waals surface area contributed by atoms with Crippen molar-refractivity contribution in [3.05, 3.63) is 67.0 Å². The molecule has 0 radical (unpaired) electrons. The summed E-state index contributed by atoms with van der Waals surface area (Å²) in [6.07, 6.45) is 1.58. The van der Waals surface area contributed by atoms with Crippen molar-refractivity contribution < 1.29 is 18.7 Å². The lowest BCUT2D eigenvalue weighted by Gasteiger charge is -2.31. The van der Waals surface area contributed by atoms with Gasteiger partial charge >= 0.3 is 0 Å². The Hall–Kier alpha value is -3.13. The van der Waals surface area contributed by atoms with E-state index in [9.17, 15) is 14.0 Å². The normalized spacial score (nSPS) is 17.7. The smallest absolute Gasteiger partial charge is 0.238 e. The van der Waals surface area contributed by atoms with Crippen molar-refractivity contribution in [2.45, 2.75) is 18.6 Å². The Kier molecular flexibility index (Phi) is 7.24.